The first-order valence-corrected chi connectivity index (χ1v) is 9.95. The molecular formula is C15H18ClFN4O3S. The van der Waals surface area contributed by atoms with E-state index in [1.165, 1.54) is 18.2 Å². The van der Waals surface area contributed by atoms with Crippen molar-refractivity contribution in [3.8, 4) is 0 Å². The van der Waals surface area contributed by atoms with Crippen molar-refractivity contribution < 1.29 is 17.5 Å². The molecule has 0 radical (unpaired) electrons. The molecule has 0 aliphatic carbocycles. The predicted octanol–water partition coefficient (Wildman–Crippen LogP) is 1.61. The SMILES string of the molecule is CS(=O)(=O)N(Cc1c(F)cccc1Cl)Cc1nnc2n1CCOCC2. The molecule has 2 aromatic rings. The summed E-state index contributed by atoms with van der Waals surface area (Å²) in [5, 5.41) is 8.39. The first-order chi connectivity index (χ1) is 11.9. The molecule has 1 aromatic heterocycles. The van der Waals surface area contributed by atoms with E-state index < -0.39 is 15.8 Å². The monoisotopic (exact) mass is 388 g/mol. The van der Waals surface area contributed by atoms with Gasteiger partial charge in [-0.2, -0.15) is 4.31 Å². The van der Waals surface area contributed by atoms with Gasteiger partial charge >= 0.3 is 0 Å². The summed E-state index contributed by atoms with van der Waals surface area (Å²) in [6, 6.07) is 4.26. The van der Waals surface area contributed by atoms with Crippen molar-refractivity contribution in [1.29, 1.82) is 0 Å². The van der Waals surface area contributed by atoms with E-state index >= 15 is 0 Å². The summed E-state index contributed by atoms with van der Waals surface area (Å²) in [6.45, 7) is 1.42. The van der Waals surface area contributed by atoms with Crippen LogP contribution in [0.25, 0.3) is 0 Å². The summed E-state index contributed by atoms with van der Waals surface area (Å²) in [6.07, 6.45) is 1.69. The number of sulfonamides is 1. The average Bonchev–Trinajstić information content (AvgIpc) is 2.76. The van der Waals surface area contributed by atoms with Crippen LogP contribution in [0.3, 0.4) is 0 Å². The van der Waals surface area contributed by atoms with Crippen molar-refractivity contribution >= 4 is 21.6 Å². The summed E-state index contributed by atoms with van der Waals surface area (Å²) in [7, 11) is -3.61. The Kier molecular flexibility index (Phi) is 5.38. The smallest absolute Gasteiger partial charge is 0.211 e. The Morgan fingerprint density at radius 1 is 1.32 bits per heavy atom. The van der Waals surface area contributed by atoms with Crippen molar-refractivity contribution in [3.63, 3.8) is 0 Å². The maximum atomic E-state index is 14.0. The Morgan fingerprint density at radius 3 is 2.84 bits per heavy atom. The minimum atomic E-state index is -3.61. The van der Waals surface area contributed by atoms with Gasteiger partial charge in [-0.1, -0.05) is 17.7 Å². The minimum Gasteiger partial charge on any atom is -0.379 e. The Labute approximate surface area is 150 Å². The standard InChI is InChI=1S/C15H18ClFN4O3S/c1-25(22,23)20(9-11-12(16)3-2-4-13(11)17)10-15-19-18-14-5-7-24-8-6-21(14)15/h2-4H,5-10H2,1H3. The summed E-state index contributed by atoms with van der Waals surface area (Å²) in [4.78, 5) is 0. The summed E-state index contributed by atoms with van der Waals surface area (Å²) >= 11 is 6.03. The molecule has 0 atom stereocenters. The van der Waals surface area contributed by atoms with E-state index in [1.807, 2.05) is 4.57 Å². The van der Waals surface area contributed by atoms with Crippen LogP contribution in [0.2, 0.25) is 5.02 Å². The third-order valence-electron chi connectivity index (χ3n) is 4.02. The molecule has 1 aromatic carbocycles. The number of benzene rings is 1. The third-order valence-corrected chi connectivity index (χ3v) is 5.57. The van der Waals surface area contributed by atoms with Gasteiger partial charge in [-0.15, -0.1) is 10.2 Å². The fraction of sp³-hybridized carbons (Fsp3) is 0.467. The molecule has 0 saturated carbocycles. The third kappa shape index (κ3) is 4.17. The quantitative estimate of drug-likeness (QED) is 0.777. The van der Waals surface area contributed by atoms with E-state index in [-0.39, 0.29) is 23.7 Å². The Bertz CT molecular complexity index is 851. The van der Waals surface area contributed by atoms with Crippen LogP contribution in [0, 0.1) is 5.82 Å². The van der Waals surface area contributed by atoms with Crippen molar-refractivity contribution in [2.24, 2.45) is 0 Å². The molecular weight excluding hydrogens is 371 g/mol. The number of ether oxygens (including phenoxy) is 1. The first-order valence-electron chi connectivity index (χ1n) is 7.73. The molecule has 0 saturated heterocycles. The van der Waals surface area contributed by atoms with Crippen LogP contribution >= 0.6 is 11.6 Å². The molecule has 0 fully saturated rings. The lowest BCUT2D eigenvalue weighted by molar-refractivity contribution is 0.139. The van der Waals surface area contributed by atoms with Crippen LogP contribution in [0.5, 0.6) is 0 Å². The number of nitrogens with zero attached hydrogens (tertiary/aromatic N) is 4. The molecule has 7 nitrogen and oxygen atoms in total. The Hall–Kier alpha value is -1.55. The second kappa shape index (κ2) is 7.36. The normalized spacial score (nSPS) is 15.2. The number of hydrogen-bond acceptors (Lipinski definition) is 5. The van der Waals surface area contributed by atoms with E-state index in [2.05, 4.69) is 10.2 Å². The van der Waals surface area contributed by atoms with Crippen molar-refractivity contribution in [1.82, 2.24) is 19.1 Å². The molecule has 1 aliphatic heterocycles. The summed E-state index contributed by atoms with van der Waals surface area (Å²) in [5.74, 6) is 0.706. The molecule has 0 spiro atoms. The van der Waals surface area contributed by atoms with Gasteiger partial charge in [0.2, 0.25) is 10.0 Å². The fourth-order valence-corrected chi connectivity index (χ4v) is 3.60. The van der Waals surface area contributed by atoms with Crippen LogP contribution in [0.4, 0.5) is 4.39 Å². The predicted molar refractivity (Wildman–Crippen MR) is 90.0 cm³/mol. The van der Waals surface area contributed by atoms with Gasteiger partial charge in [0.25, 0.3) is 0 Å². The van der Waals surface area contributed by atoms with Gasteiger partial charge in [-0.25, -0.2) is 12.8 Å². The average molecular weight is 389 g/mol. The van der Waals surface area contributed by atoms with Gasteiger partial charge < -0.3 is 9.30 Å². The molecule has 3 rings (SSSR count). The van der Waals surface area contributed by atoms with Crippen LogP contribution in [0.15, 0.2) is 18.2 Å². The Balaban J connectivity index is 1.90. The molecule has 2 heterocycles. The molecule has 10 heteroatoms. The largest absolute Gasteiger partial charge is 0.379 e. The van der Waals surface area contributed by atoms with Gasteiger partial charge in [0.15, 0.2) is 0 Å². The summed E-state index contributed by atoms with van der Waals surface area (Å²) < 4.78 is 46.8. The minimum absolute atomic E-state index is 0.0174. The van der Waals surface area contributed by atoms with Crippen molar-refractivity contribution in [2.45, 2.75) is 26.1 Å². The van der Waals surface area contributed by atoms with E-state index in [0.717, 1.165) is 16.4 Å². The topological polar surface area (TPSA) is 77.3 Å². The molecule has 0 unspecified atom stereocenters. The van der Waals surface area contributed by atoms with Crippen LogP contribution in [0.1, 0.15) is 17.2 Å². The zero-order valence-corrected chi connectivity index (χ0v) is 15.2. The van der Waals surface area contributed by atoms with Gasteiger partial charge in [-0.05, 0) is 12.1 Å². The van der Waals surface area contributed by atoms with E-state index in [9.17, 15) is 12.8 Å². The number of halogens is 2. The zero-order chi connectivity index (χ0) is 18.0. The van der Waals surface area contributed by atoms with Crippen LogP contribution < -0.4 is 0 Å². The van der Waals surface area contributed by atoms with Crippen LogP contribution in [-0.2, 0) is 40.8 Å². The summed E-state index contributed by atoms with van der Waals surface area (Å²) in [5.41, 5.74) is 0.133. The number of fused-ring (bicyclic) bond motifs is 1. The van der Waals surface area contributed by atoms with Gasteiger partial charge in [0.1, 0.15) is 17.5 Å². The maximum absolute atomic E-state index is 14.0. The molecule has 0 bridgehead atoms. The van der Waals surface area contributed by atoms with Crippen molar-refractivity contribution in [2.75, 3.05) is 19.5 Å². The number of hydrogen-bond donors (Lipinski definition) is 0. The van der Waals surface area contributed by atoms with E-state index in [4.69, 9.17) is 16.3 Å². The molecule has 25 heavy (non-hydrogen) atoms. The molecule has 136 valence electrons. The van der Waals surface area contributed by atoms with E-state index in [1.54, 1.807) is 0 Å². The van der Waals surface area contributed by atoms with Crippen LogP contribution in [-0.4, -0.2) is 47.0 Å². The zero-order valence-electron chi connectivity index (χ0n) is 13.7. The first kappa shape index (κ1) is 18.2. The highest BCUT2D eigenvalue weighted by atomic mass is 35.5. The lowest BCUT2D eigenvalue weighted by Crippen LogP contribution is -2.31. The van der Waals surface area contributed by atoms with Crippen molar-refractivity contribution in [3.05, 3.63) is 46.3 Å². The molecule has 0 N–H and O–H groups in total. The lowest BCUT2D eigenvalue weighted by atomic mass is 10.2. The highest BCUT2D eigenvalue weighted by molar-refractivity contribution is 7.88. The maximum Gasteiger partial charge on any atom is 0.211 e. The lowest BCUT2D eigenvalue weighted by Gasteiger charge is -2.21. The second-order valence-corrected chi connectivity index (χ2v) is 8.17. The highest BCUT2D eigenvalue weighted by Gasteiger charge is 2.24. The fourth-order valence-electron chi connectivity index (χ4n) is 2.66. The number of aromatic nitrogens is 3. The molecule has 0 amide bonds. The molecule has 1 aliphatic rings. The Morgan fingerprint density at radius 2 is 2.12 bits per heavy atom. The van der Waals surface area contributed by atoms with Gasteiger partial charge in [-0.3, -0.25) is 0 Å². The highest BCUT2D eigenvalue weighted by Crippen LogP contribution is 2.23. The van der Waals surface area contributed by atoms with Gasteiger partial charge in [0, 0.05) is 30.1 Å². The second-order valence-electron chi connectivity index (χ2n) is 5.78. The number of rotatable bonds is 5. The van der Waals surface area contributed by atoms with Gasteiger partial charge in [0.05, 0.1) is 26.0 Å². The van der Waals surface area contributed by atoms with E-state index in [0.29, 0.717) is 32.0 Å².